The second-order valence-corrected chi connectivity index (χ2v) is 7.85. The van der Waals surface area contributed by atoms with E-state index in [1.165, 1.54) is 11.8 Å². The van der Waals surface area contributed by atoms with Gasteiger partial charge in [0.25, 0.3) is 0 Å². The van der Waals surface area contributed by atoms with Crippen LogP contribution in [0.1, 0.15) is 20.3 Å². The number of carboxylic acids is 1. The van der Waals surface area contributed by atoms with E-state index < -0.39 is 19.3 Å². The van der Waals surface area contributed by atoms with Gasteiger partial charge in [-0.05, 0) is 24.5 Å². The Balaban J connectivity index is 2.72. The number of thioether (sulfide) groups is 1. The van der Waals surface area contributed by atoms with Crippen LogP contribution in [0.25, 0.3) is 0 Å². The first-order chi connectivity index (χ1) is 9.33. The smallest absolute Gasteiger partial charge is 0.343 e. The zero-order valence-electron chi connectivity index (χ0n) is 11.5. The van der Waals surface area contributed by atoms with Crippen molar-refractivity contribution in [2.24, 2.45) is 5.92 Å². The lowest BCUT2D eigenvalue weighted by atomic mass is 9.94. The Labute approximate surface area is 124 Å². The summed E-state index contributed by atoms with van der Waals surface area (Å²) in [6.07, 6.45) is 0.0550. The van der Waals surface area contributed by atoms with E-state index in [9.17, 15) is 14.8 Å². The largest absolute Gasteiger partial charge is 0.630 e. The molecule has 0 bridgehead atoms. The highest BCUT2D eigenvalue weighted by Gasteiger charge is 2.37. The van der Waals surface area contributed by atoms with Crippen LogP contribution in [-0.4, -0.2) is 33.1 Å². The molecule has 0 aliphatic carbocycles. The summed E-state index contributed by atoms with van der Waals surface area (Å²) in [6.45, 7) is 3.63. The van der Waals surface area contributed by atoms with Gasteiger partial charge < -0.3 is 15.1 Å². The molecule has 20 heavy (non-hydrogen) atoms. The number of hydrogen-bond donors (Lipinski definition) is 2. The van der Waals surface area contributed by atoms with Crippen molar-refractivity contribution >= 4 is 31.3 Å². The minimum Gasteiger partial charge on any atom is -0.630 e. The summed E-state index contributed by atoms with van der Waals surface area (Å²) in [7, 11) is -1.90. The maximum atomic E-state index is 12.0. The van der Waals surface area contributed by atoms with Gasteiger partial charge in [-0.1, -0.05) is 43.8 Å². The average molecular weight is 314 g/mol. The molecule has 0 spiro atoms. The van der Waals surface area contributed by atoms with Crippen molar-refractivity contribution in [2.75, 3.05) is 5.49 Å². The fourth-order valence-electron chi connectivity index (χ4n) is 1.75. The molecule has 110 valence electrons. The Bertz CT molecular complexity index is 475. The fourth-order valence-corrected chi connectivity index (χ4v) is 4.19. The molecule has 1 aromatic carbocycles. The van der Waals surface area contributed by atoms with Crippen LogP contribution in [0.15, 0.2) is 35.2 Å². The molecule has 6 heteroatoms. The first-order valence-corrected chi connectivity index (χ1v) is 8.77. The fraction of sp³-hybridized carbons (Fsp3) is 0.429. The van der Waals surface area contributed by atoms with Crippen molar-refractivity contribution < 1.29 is 19.9 Å². The van der Waals surface area contributed by atoms with E-state index in [1.54, 1.807) is 0 Å². The summed E-state index contributed by atoms with van der Waals surface area (Å²) in [4.78, 5) is 24.1. The second-order valence-electron chi connectivity index (χ2n) is 4.96. The molecule has 2 atom stereocenters. The van der Waals surface area contributed by atoms with Crippen LogP contribution in [0.3, 0.4) is 0 Å². The van der Waals surface area contributed by atoms with Gasteiger partial charge in [-0.25, -0.2) is 4.79 Å². The number of benzene rings is 1. The zero-order chi connectivity index (χ0) is 15.2. The quantitative estimate of drug-likeness (QED) is 0.595. The van der Waals surface area contributed by atoms with Gasteiger partial charge in [0, 0.05) is 4.90 Å². The SMILES string of the molecule is CC(C)CC(O)(C=[P+]([O-])CSc1ccccc1)C(=O)O. The minimum atomic E-state index is -2.02. The van der Waals surface area contributed by atoms with Gasteiger partial charge in [-0.3, -0.25) is 0 Å². The number of carbonyl (C=O) groups is 1. The lowest BCUT2D eigenvalue weighted by molar-refractivity contribution is -0.156. The molecule has 0 fully saturated rings. The van der Waals surface area contributed by atoms with Crippen LogP contribution in [-0.2, 0) is 4.79 Å². The van der Waals surface area contributed by atoms with E-state index in [4.69, 9.17) is 5.11 Å². The number of rotatable bonds is 7. The van der Waals surface area contributed by atoms with Crippen LogP contribution in [0.4, 0.5) is 0 Å². The Hall–Kier alpha value is -0.870. The summed E-state index contributed by atoms with van der Waals surface area (Å²) < 4.78 is 0. The van der Waals surface area contributed by atoms with E-state index in [2.05, 4.69) is 0 Å². The van der Waals surface area contributed by atoms with Crippen molar-refractivity contribution in [3.63, 3.8) is 0 Å². The Morgan fingerprint density at radius 3 is 2.55 bits per heavy atom. The van der Waals surface area contributed by atoms with E-state index in [-0.39, 0.29) is 17.8 Å². The Kier molecular flexibility index (Phi) is 6.69. The molecular formula is C14H19O4PS. The highest BCUT2D eigenvalue weighted by Crippen LogP contribution is 2.29. The number of carboxylic acid groups (broad SMARTS) is 1. The summed E-state index contributed by atoms with van der Waals surface area (Å²) >= 11 is 1.38. The summed E-state index contributed by atoms with van der Waals surface area (Å²) in [5, 5.41) is 19.2. The number of aliphatic carboxylic acids is 1. The molecule has 0 aliphatic rings. The molecule has 1 rings (SSSR count). The molecule has 4 nitrogen and oxygen atoms in total. The predicted molar refractivity (Wildman–Crippen MR) is 82.2 cm³/mol. The third kappa shape index (κ3) is 5.63. The summed E-state index contributed by atoms with van der Waals surface area (Å²) in [6, 6.07) is 9.44. The molecule has 2 N–H and O–H groups in total. The minimum absolute atomic E-state index is 0.00229. The normalized spacial score (nSPS) is 15.2. The van der Waals surface area contributed by atoms with Crippen LogP contribution in [0.5, 0.6) is 0 Å². The van der Waals surface area contributed by atoms with Gasteiger partial charge in [0.05, 0.1) is 7.77 Å². The van der Waals surface area contributed by atoms with Gasteiger partial charge in [0.1, 0.15) is 5.80 Å². The Morgan fingerprint density at radius 2 is 2.05 bits per heavy atom. The molecule has 2 unspecified atom stereocenters. The Morgan fingerprint density at radius 1 is 1.45 bits per heavy atom. The first-order valence-electron chi connectivity index (χ1n) is 6.27. The monoisotopic (exact) mass is 314 g/mol. The third-order valence-corrected chi connectivity index (χ3v) is 5.40. The summed E-state index contributed by atoms with van der Waals surface area (Å²) in [5.74, 6) is -0.280. The molecule has 0 aliphatic heterocycles. The van der Waals surface area contributed by atoms with Crippen molar-refractivity contribution in [2.45, 2.75) is 30.8 Å². The number of hydrogen-bond acceptors (Lipinski definition) is 4. The predicted octanol–water partition coefficient (Wildman–Crippen LogP) is 2.16. The van der Waals surface area contributed by atoms with Crippen LogP contribution in [0.2, 0.25) is 0 Å². The maximum Gasteiger partial charge on any atom is 0.343 e. The van der Waals surface area contributed by atoms with Crippen LogP contribution < -0.4 is 4.89 Å². The molecular weight excluding hydrogens is 295 g/mol. The van der Waals surface area contributed by atoms with Gasteiger partial charge in [0.15, 0.2) is 5.49 Å². The molecule has 1 aromatic rings. The highest BCUT2D eigenvalue weighted by atomic mass is 32.2. The number of aliphatic hydroxyl groups is 1. The molecule has 0 saturated heterocycles. The van der Waals surface area contributed by atoms with Gasteiger partial charge in [-0.15, -0.1) is 0 Å². The van der Waals surface area contributed by atoms with Crippen molar-refractivity contribution in [3.8, 4) is 0 Å². The molecule has 0 heterocycles. The molecule has 0 radical (unpaired) electrons. The van der Waals surface area contributed by atoms with Crippen molar-refractivity contribution in [1.82, 2.24) is 0 Å². The second kappa shape index (κ2) is 7.79. The first kappa shape index (κ1) is 17.2. The third-order valence-electron chi connectivity index (χ3n) is 2.55. The van der Waals surface area contributed by atoms with Crippen molar-refractivity contribution in [1.29, 1.82) is 0 Å². The van der Waals surface area contributed by atoms with E-state index in [1.807, 2.05) is 44.2 Å². The topological polar surface area (TPSA) is 80.6 Å². The van der Waals surface area contributed by atoms with E-state index in [0.717, 1.165) is 10.7 Å². The van der Waals surface area contributed by atoms with Gasteiger partial charge >= 0.3 is 5.97 Å². The summed E-state index contributed by atoms with van der Waals surface area (Å²) in [5.41, 5.74) is -1.76. The van der Waals surface area contributed by atoms with E-state index in [0.29, 0.717) is 0 Å². The molecule has 0 saturated carbocycles. The maximum absolute atomic E-state index is 12.0. The van der Waals surface area contributed by atoms with Gasteiger partial charge in [0.2, 0.25) is 5.60 Å². The van der Waals surface area contributed by atoms with Gasteiger partial charge in [-0.2, -0.15) is 0 Å². The highest BCUT2D eigenvalue weighted by molar-refractivity contribution is 8.04. The lowest BCUT2D eigenvalue weighted by Gasteiger charge is -2.19. The molecule has 0 amide bonds. The molecule has 0 aromatic heterocycles. The van der Waals surface area contributed by atoms with Crippen molar-refractivity contribution in [3.05, 3.63) is 30.3 Å². The zero-order valence-corrected chi connectivity index (χ0v) is 13.2. The average Bonchev–Trinajstić information content (AvgIpc) is 2.36. The van der Waals surface area contributed by atoms with Crippen LogP contribution >= 0.6 is 19.5 Å². The standard InChI is InChI=1S/C14H19O4PS/c1-11(2)8-14(17,13(15)16)9-19(18)10-20-12-6-4-3-5-7-12/h3-7,9,11,17H,8,10H2,1-2H3,(H,15,16). The van der Waals surface area contributed by atoms with E-state index >= 15 is 0 Å². The van der Waals surface area contributed by atoms with Crippen LogP contribution in [0, 0.1) is 5.92 Å². The lowest BCUT2D eigenvalue weighted by Crippen LogP contribution is -2.41.